The van der Waals surface area contributed by atoms with Gasteiger partial charge in [-0.2, -0.15) is 0 Å². The molecule has 14 heavy (non-hydrogen) atoms. The number of aliphatic hydroxyl groups is 1. The quantitative estimate of drug-likeness (QED) is 0.687. The van der Waals surface area contributed by atoms with Crippen molar-refractivity contribution in [1.29, 1.82) is 0 Å². The molecule has 1 saturated heterocycles. The van der Waals surface area contributed by atoms with Gasteiger partial charge >= 0.3 is 0 Å². The Balaban J connectivity index is 1.99. The molecule has 1 aromatic heterocycles. The molecule has 0 spiro atoms. The van der Waals surface area contributed by atoms with Gasteiger partial charge in [0.05, 0.1) is 0 Å². The first-order chi connectivity index (χ1) is 6.81. The number of nitrogen functional groups attached to an aromatic ring is 1. The fourth-order valence-corrected chi connectivity index (χ4v) is 1.74. The summed E-state index contributed by atoms with van der Waals surface area (Å²) in [5.41, 5.74) is 5.58. The standard InChI is InChI=1S/C8H14N4O2/c9-7-8(11-14-10-7)12-3-1-6(5-13)2-4-12/h6,13H,1-5H2,(H2,9,10). The summed E-state index contributed by atoms with van der Waals surface area (Å²) in [7, 11) is 0. The van der Waals surface area contributed by atoms with Crippen molar-refractivity contribution < 1.29 is 9.74 Å². The van der Waals surface area contributed by atoms with Crippen molar-refractivity contribution in [3.05, 3.63) is 0 Å². The summed E-state index contributed by atoms with van der Waals surface area (Å²) >= 11 is 0. The maximum atomic E-state index is 8.97. The molecule has 0 bridgehead atoms. The van der Waals surface area contributed by atoms with Crippen molar-refractivity contribution in [3.8, 4) is 0 Å². The van der Waals surface area contributed by atoms with Gasteiger partial charge in [0.1, 0.15) is 0 Å². The fraction of sp³-hybridized carbons (Fsp3) is 0.750. The van der Waals surface area contributed by atoms with Gasteiger partial charge in [-0.15, -0.1) is 0 Å². The van der Waals surface area contributed by atoms with Crippen LogP contribution in [0.4, 0.5) is 11.6 Å². The lowest BCUT2D eigenvalue weighted by atomic mass is 9.98. The maximum Gasteiger partial charge on any atom is 0.217 e. The van der Waals surface area contributed by atoms with Crippen molar-refractivity contribution in [2.24, 2.45) is 5.92 Å². The van der Waals surface area contributed by atoms with Gasteiger partial charge in [0, 0.05) is 19.7 Å². The van der Waals surface area contributed by atoms with Gasteiger partial charge in [-0.05, 0) is 29.1 Å². The van der Waals surface area contributed by atoms with Gasteiger partial charge in [-0.1, -0.05) is 0 Å². The van der Waals surface area contributed by atoms with E-state index < -0.39 is 0 Å². The van der Waals surface area contributed by atoms with Crippen LogP contribution in [-0.4, -0.2) is 35.1 Å². The summed E-state index contributed by atoms with van der Waals surface area (Å²) in [6.45, 7) is 1.97. The molecule has 0 saturated carbocycles. The molecule has 0 amide bonds. The van der Waals surface area contributed by atoms with Gasteiger partial charge in [-0.3, -0.25) is 0 Å². The topological polar surface area (TPSA) is 88.4 Å². The Bertz CT molecular complexity index is 293. The Hall–Kier alpha value is -1.30. The van der Waals surface area contributed by atoms with Crippen molar-refractivity contribution in [1.82, 2.24) is 10.3 Å². The van der Waals surface area contributed by atoms with Crippen LogP contribution in [0.5, 0.6) is 0 Å². The number of aromatic nitrogens is 2. The number of nitrogens with zero attached hydrogens (tertiary/aromatic N) is 3. The first-order valence-corrected chi connectivity index (χ1v) is 4.75. The summed E-state index contributed by atoms with van der Waals surface area (Å²) in [4.78, 5) is 2.04. The third-order valence-electron chi connectivity index (χ3n) is 2.67. The Labute approximate surface area is 81.6 Å². The van der Waals surface area contributed by atoms with Crippen LogP contribution in [0, 0.1) is 5.92 Å². The van der Waals surface area contributed by atoms with Gasteiger partial charge in [0.2, 0.25) is 11.6 Å². The molecule has 1 aliphatic rings. The molecule has 0 aromatic carbocycles. The molecule has 3 N–H and O–H groups in total. The first-order valence-electron chi connectivity index (χ1n) is 4.75. The van der Waals surface area contributed by atoms with Crippen LogP contribution >= 0.6 is 0 Å². The molecule has 6 nitrogen and oxygen atoms in total. The van der Waals surface area contributed by atoms with Gasteiger partial charge in [0.25, 0.3) is 0 Å². The molecular weight excluding hydrogens is 184 g/mol. The highest BCUT2D eigenvalue weighted by atomic mass is 16.6. The van der Waals surface area contributed by atoms with Gasteiger partial charge in [0.15, 0.2) is 0 Å². The van der Waals surface area contributed by atoms with Crippen LogP contribution in [0.3, 0.4) is 0 Å². The van der Waals surface area contributed by atoms with E-state index in [-0.39, 0.29) is 6.61 Å². The summed E-state index contributed by atoms with van der Waals surface area (Å²) in [5, 5.41) is 16.2. The molecule has 0 aliphatic carbocycles. The molecule has 0 atom stereocenters. The third kappa shape index (κ3) is 1.65. The van der Waals surface area contributed by atoms with E-state index in [1.807, 2.05) is 4.90 Å². The zero-order chi connectivity index (χ0) is 9.97. The number of hydrogen-bond donors (Lipinski definition) is 2. The Morgan fingerprint density at radius 3 is 2.64 bits per heavy atom. The summed E-state index contributed by atoms with van der Waals surface area (Å²) < 4.78 is 4.54. The van der Waals surface area contributed by atoms with Crippen LogP contribution in [0.2, 0.25) is 0 Å². The normalized spacial score (nSPS) is 18.8. The Morgan fingerprint density at radius 2 is 2.14 bits per heavy atom. The van der Waals surface area contributed by atoms with E-state index in [9.17, 15) is 0 Å². The lowest BCUT2D eigenvalue weighted by molar-refractivity contribution is 0.202. The first kappa shape index (κ1) is 9.26. The van der Waals surface area contributed by atoms with Crippen LogP contribution in [-0.2, 0) is 0 Å². The molecule has 1 fully saturated rings. The smallest absolute Gasteiger partial charge is 0.217 e. The number of anilines is 2. The lowest BCUT2D eigenvalue weighted by Gasteiger charge is -2.30. The SMILES string of the molecule is Nc1nonc1N1CCC(CO)CC1. The molecular formula is C8H14N4O2. The van der Waals surface area contributed by atoms with E-state index in [1.165, 1.54) is 0 Å². The van der Waals surface area contributed by atoms with Gasteiger partial charge in [-0.25, -0.2) is 4.63 Å². The third-order valence-corrected chi connectivity index (χ3v) is 2.67. The number of piperidine rings is 1. The van der Waals surface area contributed by atoms with Crippen molar-refractivity contribution in [2.45, 2.75) is 12.8 Å². The fourth-order valence-electron chi connectivity index (χ4n) is 1.74. The predicted octanol–water partition coefficient (Wildman–Crippen LogP) is -0.140. The van der Waals surface area contributed by atoms with Crippen LogP contribution in [0.25, 0.3) is 0 Å². The van der Waals surface area contributed by atoms with E-state index in [1.54, 1.807) is 0 Å². The average molecular weight is 198 g/mol. The molecule has 2 rings (SSSR count). The lowest BCUT2D eigenvalue weighted by Crippen LogP contribution is -2.35. The number of nitrogens with two attached hydrogens (primary N) is 1. The zero-order valence-electron chi connectivity index (χ0n) is 7.89. The van der Waals surface area contributed by atoms with E-state index in [0.29, 0.717) is 17.6 Å². The highest BCUT2D eigenvalue weighted by molar-refractivity contribution is 5.56. The van der Waals surface area contributed by atoms with E-state index >= 15 is 0 Å². The molecule has 0 radical (unpaired) electrons. The Kier molecular flexibility index (Phi) is 2.53. The minimum atomic E-state index is 0.264. The average Bonchev–Trinajstić information content (AvgIpc) is 2.65. The van der Waals surface area contributed by atoms with Crippen LogP contribution < -0.4 is 10.6 Å². The van der Waals surface area contributed by atoms with Gasteiger partial charge < -0.3 is 15.7 Å². The van der Waals surface area contributed by atoms with E-state index in [2.05, 4.69) is 14.9 Å². The molecule has 6 heteroatoms. The molecule has 78 valence electrons. The Morgan fingerprint density at radius 1 is 1.43 bits per heavy atom. The number of hydrogen-bond acceptors (Lipinski definition) is 6. The molecule has 1 aromatic rings. The second kappa shape index (κ2) is 3.83. The summed E-state index contributed by atoms with van der Waals surface area (Å²) in [6, 6.07) is 0. The van der Waals surface area contributed by atoms with Crippen molar-refractivity contribution in [3.63, 3.8) is 0 Å². The summed E-state index contributed by atoms with van der Waals surface area (Å²) in [5.74, 6) is 1.38. The monoisotopic (exact) mass is 198 g/mol. The highest BCUT2D eigenvalue weighted by Crippen LogP contribution is 2.24. The second-order valence-electron chi connectivity index (χ2n) is 3.59. The zero-order valence-corrected chi connectivity index (χ0v) is 7.89. The summed E-state index contributed by atoms with van der Waals surface area (Å²) in [6.07, 6.45) is 1.92. The molecule has 0 unspecified atom stereocenters. The predicted molar refractivity (Wildman–Crippen MR) is 50.7 cm³/mol. The number of aliphatic hydroxyl groups excluding tert-OH is 1. The molecule has 2 heterocycles. The van der Waals surface area contributed by atoms with E-state index in [0.717, 1.165) is 25.9 Å². The minimum absolute atomic E-state index is 0.264. The van der Waals surface area contributed by atoms with Crippen LogP contribution in [0.15, 0.2) is 4.63 Å². The van der Waals surface area contributed by atoms with Crippen LogP contribution in [0.1, 0.15) is 12.8 Å². The highest BCUT2D eigenvalue weighted by Gasteiger charge is 2.22. The maximum absolute atomic E-state index is 8.97. The van der Waals surface area contributed by atoms with E-state index in [4.69, 9.17) is 10.8 Å². The second-order valence-corrected chi connectivity index (χ2v) is 3.59. The largest absolute Gasteiger partial charge is 0.396 e. The number of rotatable bonds is 2. The minimum Gasteiger partial charge on any atom is -0.396 e. The van der Waals surface area contributed by atoms with Crippen molar-refractivity contribution >= 4 is 11.6 Å². The molecule has 1 aliphatic heterocycles. The van der Waals surface area contributed by atoms with Crippen molar-refractivity contribution in [2.75, 3.05) is 30.3 Å².